The van der Waals surface area contributed by atoms with Gasteiger partial charge < -0.3 is 14.9 Å². The van der Waals surface area contributed by atoms with E-state index in [-0.39, 0.29) is 11.8 Å². The van der Waals surface area contributed by atoms with Crippen LogP contribution in [0.15, 0.2) is 48.7 Å². The summed E-state index contributed by atoms with van der Waals surface area (Å²) in [4.78, 5) is 21.6. The van der Waals surface area contributed by atoms with Gasteiger partial charge in [-0.05, 0) is 93.5 Å². The maximum Gasteiger partial charge on any atom is 0.416 e. The summed E-state index contributed by atoms with van der Waals surface area (Å²) in [6, 6.07) is 11.2. The molecule has 37 heavy (non-hydrogen) atoms. The van der Waals surface area contributed by atoms with E-state index >= 15 is 0 Å². The fourth-order valence-electron chi connectivity index (χ4n) is 6.50. The van der Waals surface area contributed by atoms with E-state index in [4.69, 9.17) is 0 Å². The summed E-state index contributed by atoms with van der Waals surface area (Å²) in [6.07, 6.45) is 4.26. The van der Waals surface area contributed by atoms with Crippen molar-refractivity contribution in [3.63, 3.8) is 0 Å². The van der Waals surface area contributed by atoms with Crippen molar-refractivity contribution in [1.29, 1.82) is 0 Å². The predicted octanol–water partition coefficient (Wildman–Crippen LogP) is 5.63. The number of aliphatic hydroxyl groups is 1. The molecule has 1 saturated carbocycles. The average molecular weight is 516 g/mol. The van der Waals surface area contributed by atoms with Crippen LogP contribution in [0.5, 0.6) is 0 Å². The largest absolute Gasteiger partial charge is 0.416 e. The summed E-state index contributed by atoms with van der Waals surface area (Å²) in [7, 11) is 0. The molecule has 2 aliphatic heterocycles. The summed E-state index contributed by atoms with van der Waals surface area (Å²) in [5, 5.41) is 11.1. The third-order valence-corrected chi connectivity index (χ3v) is 8.72. The Morgan fingerprint density at radius 1 is 0.973 bits per heavy atom. The minimum absolute atomic E-state index is 0.0520. The Morgan fingerprint density at radius 2 is 1.73 bits per heavy atom. The van der Waals surface area contributed by atoms with Gasteiger partial charge in [0.2, 0.25) is 5.91 Å². The molecule has 0 spiro atoms. The molecule has 2 aromatic rings. The summed E-state index contributed by atoms with van der Waals surface area (Å²) in [5.41, 5.74) is -0.112. The molecule has 2 saturated heterocycles. The number of carbonyl (C=O) groups is 1. The second kappa shape index (κ2) is 10.6. The van der Waals surface area contributed by atoms with Gasteiger partial charge in [-0.2, -0.15) is 13.2 Å². The SMILES string of the molecule is O=C(C1CCN(c2cccc(C(F)(F)F)c2)CC1)N1CCC(CC2CCC(O)(c3ccccn3)CC2)C1. The Labute approximate surface area is 216 Å². The number of nitrogens with zero attached hydrogens (tertiary/aromatic N) is 3. The van der Waals surface area contributed by atoms with Crippen LogP contribution in [0.3, 0.4) is 0 Å². The first kappa shape index (κ1) is 26.0. The maximum atomic E-state index is 13.2. The topological polar surface area (TPSA) is 56.7 Å². The molecule has 1 unspecified atom stereocenters. The zero-order valence-corrected chi connectivity index (χ0v) is 21.2. The van der Waals surface area contributed by atoms with Crippen LogP contribution >= 0.6 is 0 Å². The third-order valence-electron chi connectivity index (χ3n) is 8.72. The number of carbonyl (C=O) groups excluding carboxylic acids is 1. The van der Waals surface area contributed by atoms with Crippen LogP contribution in [0.1, 0.15) is 62.6 Å². The second-order valence-corrected chi connectivity index (χ2v) is 11.2. The Bertz CT molecular complexity index is 1060. The van der Waals surface area contributed by atoms with Gasteiger partial charge in [0.1, 0.15) is 5.60 Å². The first-order chi connectivity index (χ1) is 17.7. The van der Waals surface area contributed by atoms with E-state index in [1.54, 1.807) is 12.3 Å². The van der Waals surface area contributed by atoms with Gasteiger partial charge in [0.15, 0.2) is 0 Å². The highest BCUT2D eigenvalue weighted by atomic mass is 19.4. The highest BCUT2D eigenvalue weighted by Gasteiger charge is 2.38. The van der Waals surface area contributed by atoms with Gasteiger partial charge in [-0.3, -0.25) is 9.78 Å². The lowest BCUT2D eigenvalue weighted by Gasteiger charge is -2.36. The smallest absolute Gasteiger partial charge is 0.384 e. The number of alkyl halides is 3. The molecule has 5 rings (SSSR count). The van der Waals surface area contributed by atoms with Crippen LogP contribution in [-0.4, -0.2) is 47.1 Å². The van der Waals surface area contributed by atoms with Gasteiger partial charge in [0.25, 0.3) is 0 Å². The van der Waals surface area contributed by atoms with E-state index in [1.165, 1.54) is 12.1 Å². The number of amides is 1. The lowest BCUT2D eigenvalue weighted by Crippen LogP contribution is -2.42. The van der Waals surface area contributed by atoms with Gasteiger partial charge >= 0.3 is 6.18 Å². The summed E-state index contributed by atoms with van der Waals surface area (Å²) in [6.45, 7) is 2.78. The summed E-state index contributed by atoms with van der Waals surface area (Å²) in [5.74, 6) is 1.23. The van der Waals surface area contributed by atoms with Crippen LogP contribution in [-0.2, 0) is 16.6 Å². The van der Waals surface area contributed by atoms with E-state index in [0.29, 0.717) is 43.5 Å². The molecular weight excluding hydrogens is 479 g/mol. The highest BCUT2D eigenvalue weighted by molar-refractivity contribution is 5.79. The fourth-order valence-corrected chi connectivity index (χ4v) is 6.50. The number of pyridine rings is 1. The van der Waals surface area contributed by atoms with Gasteiger partial charge in [0.05, 0.1) is 11.3 Å². The van der Waals surface area contributed by atoms with E-state index in [9.17, 15) is 23.1 Å². The second-order valence-electron chi connectivity index (χ2n) is 11.2. The van der Waals surface area contributed by atoms with Crippen LogP contribution < -0.4 is 4.90 Å². The molecule has 3 heterocycles. The number of piperidine rings is 1. The molecule has 1 aliphatic carbocycles. The monoisotopic (exact) mass is 515 g/mol. The molecule has 3 aliphatic rings. The Hall–Kier alpha value is -2.61. The van der Waals surface area contributed by atoms with Crippen LogP contribution in [0.25, 0.3) is 0 Å². The van der Waals surface area contributed by atoms with Crippen LogP contribution in [0.2, 0.25) is 0 Å². The van der Waals surface area contributed by atoms with Crippen molar-refractivity contribution in [3.8, 4) is 0 Å². The quantitative estimate of drug-likeness (QED) is 0.561. The normalized spacial score (nSPS) is 27.5. The zero-order valence-electron chi connectivity index (χ0n) is 21.2. The molecule has 1 amide bonds. The third kappa shape index (κ3) is 5.95. The fraction of sp³-hybridized carbons (Fsp3) is 0.586. The van der Waals surface area contributed by atoms with Gasteiger partial charge in [-0.25, -0.2) is 0 Å². The van der Waals surface area contributed by atoms with Gasteiger partial charge in [0, 0.05) is 44.0 Å². The van der Waals surface area contributed by atoms with E-state index < -0.39 is 17.3 Å². The first-order valence-electron chi connectivity index (χ1n) is 13.6. The number of anilines is 1. The number of likely N-dealkylation sites (tertiary alicyclic amines) is 1. The standard InChI is InChI=1S/C29H36F3N3O2/c30-29(31,32)24-4-3-5-25(19-24)34-16-10-23(11-17-34)27(36)35-15-9-22(20-35)18-21-7-12-28(37,13-8-21)26-6-1-2-14-33-26/h1-6,14,19,21-23,37H,7-13,15-18,20H2. The molecule has 200 valence electrons. The van der Waals surface area contributed by atoms with Crippen molar-refractivity contribution in [2.45, 2.75) is 63.1 Å². The molecule has 1 aromatic carbocycles. The number of hydrogen-bond donors (Lipinski definition) is 1. The highest BCUT2D eigenvalue weighted by Crippen LogP contribution is 2.42. The van der Waals surface area contributed by atoms with E-state index in [0.717, 1.165) is 63.4 Å². The number of benzene rings is 1. The number of rotatable bonds is 5. The first-order valence-corrected chi connectivity index (χ1v) is 13.6. The van der Waals surface area contributed by atoms with Crippen molar-refractivity contribution < 1.29 is 23.1 Å². The molecule has 5 nitrogen and oxygen atoms in total. The maximum absolute atomic E-state index is 13.2. The van der Waals surface area contributed by atoms with Crippen molar-refractivity contribution in [3.05, 3.63) is 59.9 Å². The predicted molar refractivity (Wildman–Crippen MR) is 136 cm³/mol. The Kier molecular flexibility index (Phi) is 7.48. The molecule has 3 fully saturated rings. The molecule has 1 atom stereocenters. The van der Waals surface area contributed by atoms with Gasteiger partial charge in [-0.1, -0.05) is 12.1 Å². The van der Waals surface area contributed by atoms with Crippen LogP contribution in [0, 0.1) is 17.8 Å². The molecule has 1 aromatic heterocycles. The van der Waals surface area contributed by atoms with Crippen molar-refractivity contribution in [2.75, 3.05) is 31.1 Å². The minimum Gasteiger partial charge on any atom is -0.384 e. The number of aromatic nitrogens is 1. The van der Waals surface area contributed by atoms with Gasteiger partial charge in [-0.15, -0.1) is 0 Å². The average Bonchev–Trinajstić information content (AvgIpc) is 3.38. The van der Waals surface area contributed by atoms with Crippen molar-refractivity contribution in [1.82, 2.24) is 9.88 Å². The molecule has 1 N–H and O–H groups in total. The Balaban J connectivity index is 1.07. The van der Waals surface area contributed by atoms with E-state index in [1.807, 2.05) is 28.0 Å². The van der Waals surface area contributed by atoms with Crippen LogP contribution in [0.4, 0.5) is 18.9 Å². The Morgan fingerprint density at radius 3 is 2.41 bits per heavy atom. The van der Waals surface area contributed by atoms with E-state index in [2.05, 4.69) is 4.98 Å². The molecule has 8 heteroatoms. The lowest BCUT2D eigenvalue weighted by molar-refractivity contribution is -0.137. The minimum atomic E-state index is -4.35. The summed E-state index contributed by atoms with van der Waals surface area (Å²) >= 11 is 0. The summed E-state index contributed by atoms with van der Waals surface area (Å²) < 4.78 is 39.2. The molecular formula is C29H36F3N3O2. The zero-order chi connectivity index (χ0) is 26.0. The molecule has 0 bridgehead atoms. The van der Waals surface area contributed by atoms with Crippen molar-refractivity contribution >= 4 is 11.6 Å². The number of hydrogen-bond acceptors (Lipinski definition) is 4. The van der Waals surface area contributed by atoms with Crippen molar-refractivity contribution in [2.24, 2.45) is 17.8 Å². The lowest BCUT2D eigenvalue weighted by atomic mass is 9.74. The number of halogens is 3. The molecule has 0 radical (unpaired) electrons.